The molecule has 1 aromatic rings. The third-order valence-corrected chi connectivity index (χ3v) is 2.89. The van der Waals surface area contributed by atoms with Gasteiger partial charge in [-0.1, -0.05) is 30.3 Å². The maximum Gasteiger partial charge on any atom is 0.309 e. The zero-order chi connectivity index (χ0) is 12.3. The molecule has 0 bridgehead atoms. The number of esters is 1. The second-order valence-corrected chi connectivity index (χ2v) is 4.28. The van der Waals surface area contributed by atoms with Gasteiger partial charge in [-0.2, -0.15) is 0 Å². The topological polar surface area (TPSA) is 63.6 Å². The lowest BCUT2D eigenvalue weighted by molar-refractivity contribution is -0.147. The lowest BCUT2D eigenvalue weighted by atomic mass is 9.95. The molecule has 2 rings (SSSR count). The molecule has 17 heavy (non-hydrogen) atoms. The van der Waals surface area contributed by atoms with E-state index >= 15 is 0 Å². The van der Waals surface area contributed by atoms with Crippen molar-refractivity contribution in [2.24, 2.45) is 5.92 Å². The minimum Gasteiger partial charge on any atom is -0.481 e. The summed E-state index contributed by atoms with van der Waals surface area (Å²) in [7, 11) is 0. The number of rotatable bonds is 4. The van der Waals surface area contributed by atoms with Crippen LogP contribution in [0.1, 0.15) is 18.4 Å². The van der Waals surface area contributed by atoms with Gasteiger partial charge >= 0.3 is 11.9 Å². The number of hydrogen-bond donors (Lipinski definition) is 1. The first kappa shape index (κ1) is 11.6. The summed E-state index contributed by atoms with van der Waals surface area (Å²) >= 11 is 0. The summed E-state index contributed by atoms with van der Waals surface area (Å²) in [5.74, 6) is -1.41. The van der Waals surface area contributed by atoms with Crippen molar-refractivity contribution in [2.45, 2.75) is 25.4 Å². The first-order chi connectivity index (χ1) is 8.15. The number of aliphatic carboxylic acids is 1. The van der Waals surface area contributed by atoms with Gasteiger partial charge in [-0.15, -0.1) is 0 Å². The second kappa shape index (κ2) is 4.99. The van der Waals surface area contributed by atoms with Crippen LogP contribution in [0.3, 0.4) is 0 Å². The molecular formula is C13H14O4. The molecule has 90 valence electrons. The third-order valence-electron chi connectivity index (χ3n) is 2.89. The van der Waals surface area contributed by atoms with Crippen LogP contribution >= 0.6 is 0 Å². The summed E-state index contributed by atoms with van der Waals surface area (Å²) in [5.41, 5.74) is 1.07. The molecule has 2 unspecified atom stereocenters. The van der Waals surface area contributed by atoms with Gasteiger partial charge in [0.05, 0.1) is 12.3 Å². The van der Waals surface area contributed by atoms with E-state index in [-0.39, 0.29) is 18.3 Å². The highest BCUT2D eigenvalue weighted by Gasteiger charge is 2.35. The van der Waals surface area contributed by atoms with Crippen LogP contribution in [0.5, 0.6) is 0 Å². The fraction of sp³-hybridized carbons (Fsp3) is 0.385. The number of carbonyl (C=O) groups is 2. The molecule has 1 heterocycles. The Morgan fingerprint density at radius 1 is 1.35 bits per heavy atom. The molecule has 0 saturated carbocycles. The van der Waals surface area contributed by atoms with Crippen molar-refractivity contribution in [3.05, 3.63) is 35.9 Å². The molecule has 1 fully saturated rings. The molecule has 1 aromatic carbocycles. The lowest BCUT2D eigenvalue weighted by Gasteiger charge is -2.05. The predicted octanol–water partition coefficient (Wildman–Crippen LogP) is 1.64. The number of carboxylic acids is 1. The molecule has 2 atom stereocenters. The summed E-state index contributed by atoms with van der Waals surface area (Å²) in [6.07, 6.45) is 0.557. The standard InChI is InChI=1S/C13H14O4/c14-12(15)8-11-7-10(13(16)17-11)6-9-4-2-1-3-5-9/h1-5,10-11H,6-8H2,(H,14,15). The van der Waals surface area contributed by atoms with Crippen LogP contribution in [-0.2, 0) is 20.7 Å². The van der Waals surface area contributed by atoms with Crippen molar-refractivity contribution < 1.29 is 19.4 Å². The Morgan fingerprint density at radius 2 is 2.06 bits per heavy atom. The lowest BCUT2D eigenvalue weighted by Crippen LogP contribution is -2.12. The van der Waals surface area contributed by atoms with E-state index in [2.05, 4.69) is 0 Å². The molecule has 4 heteroatoms. The minimum absolute atomic E-state index is 0.100. The molecule has 1 aliphatic heterocycles. The second-order valence-electron chi connectivity index (χ2n) is 4.28. The maximum atomic E-state index is 11.6. The van der Waals surface area contributed by atoms with Crippen LogP contribution in [0.2, 0.25) is 0 Å². The Bertz CT molecular complexity index is 413. The molecule has 0 spiro atoms. The molecule has 4 nitrogen and oxygen atoms in total. The van der Waals surface area contributed by atoms with Crippen molar-refractivity contribution in [3.63, 3.8) is 0 Å². The van der Waals surface area contributed by atoms with Gasteiger partial charge in [-0.05, 0) is 18.4 Å². The number of ether oxygens (including phenoxy) is 1. The number of hydrogen-bond acceptors (Lipinski definition) is 3. The first-order valence-electron chi connectivity index (χ1n) is 5.61. The van der Waals surface area contributed by atoms with Crippen LogP contribution in [0.25, 0.3) is 0 Å². The van der Waals surface area contributed by atoms with E-state index in [1.165, 1.54) is 0 Å². The number of cyclic esters (lactones) is 1. The Labute approximate surface area is 99.2 Å². The molecule has 0 aliphatic carbocycles. The van der Waals surface area contributed by atoms with E-state index in [4.69, 9.17) is 9.84 Å². The Morgan fingerprint density at radius 3 is 2.71 bits per heavy atom. The zero-order valence-electron chi connectivity index (χ0n) is 9.33. The van der Waals surface area contributed by atoms with E-state index in [0.29, 0.717) is 12.8 Å². The third kappa shape index (κ3) is 3.06. The normalized spacial score (nSPS) is 23.4. The number of carbonyl (C=O) groups excluding carboxylic acids is 1. The molecular weight excluding hydrogens is 220 g/mol. The molecule has 1 saturated heterocycles. The van der Waals surface area contributed by atoms with E-state index in [9.17, 15) is 9.59 Å². The zero-order valence-corrected chi connectivity index (χ0v) is 9.33. The van der Waals surface area contributed by atoms with Gasteiger partial charge < -0.3 is 9.84 Å². The Hall–Kier alpha value is -1.84. The van der Waals surface area contributed by atoms with E-state index in [1.54, 1.807) is 0 Å². The minimum atomic E-state index is -0.928. The van der Waals surface area contributed by atoms with E-state index < -0.39 is 12.1 Å². The highest BCUT2D eigenvalue weighted by Crippen LogP contribution is 2.26. The van der Waals surface area contributed by atoms with Gasteiger partial charge in [-0.25, -0.2) is 0 Å². The quantitative estimate of drug-likeness (QED) is 0.804. The number of benzene rings is 1. The first-order valence-corrected chi connectivity index (χ1v) is 5.61. The maximum absolute atomic E-state index is 11.6. The Balaban J connectivity index is 1.95. The summed E-state index contributed by atoms with van der Waals surface area (Å²) < 4.78 is 5.04. The highest BCUT2D eigenvalue weighted by atomic mass is 16.6. The fourth-order valence-electron chi connectivity index (χ4n) is 2.11. The van der Waals surface area contributed by atoms with Crippen molar-refractivity contribution in [1.82, 2.24) is 0 Å². The van der Waals surface area contributed by atoms with Gasteiger partial charge in [0, 0.05) is 0 Å². The van der Waals surface area contributed by atoms with Gasteiger partial charge in [-0.3, -0.25) is 9.59 Å². The van der Waals surface area contributed by atoms with Crippen molar-refractivity contribution in [1.29, 1.82) is 0 Å². The van der Waals surface area contributed by atoms with E-state index in [1.807, 2.05) is 30.3 Å². The predicted molar refractivity (Wildman–Crippen MR) is 60.4 cm³/mol. The number of carboxylic acid groups (broad SMARTS) is 1. The van der Waals surface area contributed by atoms with E-state index in [0.717, 1.165) is 5.56 Å². The molecule has 1 aliphatic rings. The average Bonchev–Trinajstić information content (AvgIpc) is 2.59. The fourth-order valence-corrected chi connectivity index (χ4v) is 2.11. The van der Waals surface area contributed by atoms with Crippen LogP contribution in [-0.4, -0.2) is 23.1 Å². The summed E-state index contributed by atoms with van der Waals surface area (Å²) in [6.45, 7) is 0. The summed E-state index contributed by atoms with van der Waals surface area (Å²) in [4.78, 5) is 22.1. The SMILES string of the molecule is O=C(O)CC1CC(Cc2ccccc2)C(=O)O1. The molecule has 0 radical (unpaired) electrons. The van der Waals surface area contributed by atoms with Crippen LogP contribution in [0, 0.1) is 5.92 Å². The smallest absolute Gasteiger partial charge is 0.309 e. The van der Waals surface area contributed by atoms with Gasteiger partial charge in [0.15, 0.2) is 0 Å². The molecule has 0 amide bonds. The van der Waals surface area contributed by atoms with Gasteiger partial charge in [0.25, 0.3) is 0 Å². The largest absolute Gasteiger partial charge is 0.481 e. The van der Waals surface area contributed by atoms with Crippen LogP contribution < -0.4 is 0 Å². The van der Waals surface area contributed by atoms with Crippen molar-refractivity contribution >= 4 is 11.9 Å². The van der Waals surface area contributed by atoms with Gasteiger partial charge in [0.1, 0.15) is 6.10 Å². The molecule has 1 N–H and O–H groups in total. The molecule has 0 aromatic heterocycles. The van der Waals surface area contributed by atoms with Crippen molar-refractivity contribution in [3.8, 4) is 0 Å². The van der Waals surface area contributed by atoms with Crippen LogP contribution in [0.4, 0.5) is 0 Å². The highest BCUT2D eigenvalue weighted by molar-refractivity contribution is 5.76. The Kier molecular flexibility index (Phi) is 3.42. The summed E-state index contributed by atoms with van der Waals surface area (Å²) in [6, 6.07) is 9.67. The van der Waals surface area contributed by atoms with Crippen molar-refractivity contribution in [2.75, 3.05) is 0 Å². The van der Waals surface area contributed by atoms with Gasteiger partial charge in [0.2, 0.25) is 0 Å². The average molecular weight is 234 g/mol. The van der Waals surface area contributed by atoms with Crippen LogP contribution in [0.15, 0.2) is 30.3 Å². The monoisotopic (exact) mass is 234 g/mol. The summed E-state index contributed by atoms with van der Waals surface area (Å²) in [5, 5.41) is 8.64.